The van der Waals surface area contributed by atoms with Gasteiger partial charge in [0.15, 0.2) is 0 Å². The molecule has 0 N–H and O–H groups in total. The molecule has 0 saturated carbocycles. The van der Waals surface area contributed by atoms with Crippen LogP contribution >= 0.6 is 15.9 Å². The summed E-state index contributed by atoms with van der Waals surface area (Å²) in [5, 5.41) is 0. The van der Waals surface area contributed by atoms with Gasteiger partial charge in [-0.05, 0) is 51.3 Å². The molecule has 0 amide bonds. The monoisotopic (exact) mass is 421 g/mol. The Morgan fingerprint density at radius 1 is 0.923 bits per heavy atom. The fraction of sp³-hybridized carbons (Fsp3) is 0.105. The largest absolute Gasteiger partial charge is 0.487 e. The number of pyridine rings is 1. The van der Waals surface area contributed by atoms with Crippen molar-refractivity contribution in [2.45, 2.75) is 13.2 Å². The maximum Gasteiger partial charge on any atom is 0.301 e. The van der Waals surface area contributed by atoms with Gasteiger partial charge in [-0.3, -0.25) is 4.79 Å². The minimum absolute atomic E-state index is 0.0416. The lowest BCUT2D eigenvalue weighted by Gasteiger charge is -2.12. The highest BCUT2D eigenvalue weighted by Gasteiger charge is 2.10. The van der Waals surface area contributed by atoms with Crippen LogP contribution < -0.4 is 15.1 Å². The molecule has 3 aromatic rings. The van der Waals surface area contributed by atoms with Gasteiger partial charge in [-0.2, -0.15) is 4.73 Å². The maximum atomic E-state index is 13.2. The SMILES string of the molecule is O=c1c(Br)c(OCc2ccc(F)cc2)ccn1OCc1cccc(F)c1. The van der Waals surface area contributed by atoms with Gasteiger partial charge in [-0.15, -0.1) is 0 Å². The van der Waals surface area contributed by atoms with Crippen LogP contribution in [-0.4, -0.2) is 4.73 Å². The van der Waals surface area contributed by atoms with Crippen molar-refractivity contribution in [3.05, 3.63) is 98.4 Å². The molecule has 0 bridgehead atoms. The summed E-state index contributed by atoms with van der Waals surface area (Å²) in [4.78, 5) is 17.7. The molecule has 3 rings (SSSR count). The molecule has 26 heavy (non-hydrogen) atoms. The van der Waals surface area contributed by atoms with E-state index < -0.39 is 5.56 Å². The highest BCUT2D eigenvalue weighted by molar-refractivity contribution is 9.10. The Hall–Kier alpha value is -2.67. The number of halogens is 3. The van der Waals surface area contributed by atoms with E-state index in [4.69, 9.17) is 9.57 Å². The van der Waals surface area contributed by atoms with Gasteiger partial charge < -0.3 is 9.57 Å². The zero-order chi connectivity index (χ0) is 18.5. The zero-order valence-corrected chi connectivity index (χ0v) is 15.1. The van der Waals surface area contributed by atoms with E-state index in [0.717, 1.165) is 10.3 Å². The molecular formula is C19H14BrF2NO3. The third-order valence-electron chi connectivity index (χ3n) is 3.53. The van der Waals surface area contributed by atoms with E-state index in [9.17, 15) is 13.6 Å². The van der Waals surface area contributed by atoms with Crippen LogP contribution in [0.4, 0.5) is 8.78 Å². The molecule has 0 radical (unpaired) electrons. The Labute approximate surface area is 156 Å². The predicted molar refractivity (Wildman–Crippen MR) is 95.8 cm³/mol. The van der Waals surface area contributed by atoms with Crippen molar-refractivity contribution in [2.24, 2.45) is 0 Å². The van der Waals surface area contributed by atoms with Gasteiger partial charge in [0.2, 0.25) is 0 Å². The van der Waals surface area contributed by atoms with E-state index >= 15 is 0 Å². The first-order valence-electron chi connectivity index (χ1n) is 7.69. The summed E-state index contributed by atoms with van der Waals surface area (Å²) in [6, 6.07) is 13.4. The summed E-state index contributed by atoms with van der Waals surface area (Å²) in [6.45, 7) is 0.229. The molecule has 1 aromatic heterocycles. The Kier molecular flexibility index (Phi) is 5.68. The molecule has 0 fully saturated rings. The average molecular weight is 422 g/mol. The van der Waals surface area contributed by atoms with E-state index in [1.54, 1.807) is 30.3 Å². The number of benzene rings is 2. The topological polar surface area (TPSA) is 40.5 Å². The van der Waals surface area contributed by atoms with E-state index in [0.29, 0.717) is 11.3 Å². The number of ether oxygens (including phenoxy) is 1. The van der Waals surface area contributed by atoms with Crippen LogP contribution in [0.1, 0.15) is 11.1 Å². The van der Waals surface area contributed by atoms with Gasteiger partial charge in [0.1, 0.15) is 35.1 Å². The van der Waals surface area contributed by atoms with Gasteiger partial charge in [0.05, 0.1) is 6.20 Å². The van der Waals surface area contributed by atoms with Gasteiger partial charge in [0.25, 0.3) is 0 Å². The van der Waals surface area contributed by atoms with Gasteiger partial charge in [0, 0.05) is 6.07 Å². The molecule has 0 unspecified atom stereocenters. The van der Waals surface area contributed by atoms with Crippen molar-refractivity contribution in [3.63, 3.8) is 0 Å². The van der Waals surface area contributed by atoms with Crippen molar-refractivity contribution < 1.29 is 18.4 Å². The molecule has 0 aliphatic carbocycles. The van der Waals surface area contributed by atoms with Crippen LogP contribution in [0.25, 0.3) is 0 Å². The highest BCUT2D eigenvalue weighted by atomic mass is 79.9. The fourth-order valence-electron chi connectivity index (χ4n) is 2.20. The second-order valence-corrected chi connectivity index (χ2v) is 6.24. The van der Waals surface area contributed by atoms with Crippen molar-refractivity contribution in [1.29, 1.82) is 0 Å². The van der Waals surface area contributed by atoms with Gasteiger partial charge >= 0.3 is 5.56 Å². The quantitative estimate of drug-likeness (QED) is 0.601. The minimum atomic E-state index is -0.446. The smallest absolute Gasteiger partial charge is 0.301 e. The minimum Gasteiger partial charge on any atom is -0.487 e. The molecule has 0 aliphatic rings. The van der Waals surface area contributed by atoms with Gasteiger partial charge in [-0.1, -0.05) is 24.3 Å². The van der Waals surface area contributed by atoms with Crippen LogP contribution in [0.2, 0.25) is 0 Å². The summed E-state index contributed by atoms with van der Waals surface area (Å²) < 4.78 is 32.9. The molecule has 0 spiro atoms. The van der Waals surface area contributed by atoms with Crippen LogP contribution in [0.5, 0.6) is 5.75 Å². The molecule has 0 aliphatic heterocycles. The normalized spacial score (nSPS) is 10.6. The van der Waals surface area contributed by atoms with Crippen molar-refractivity contribution in [2.75, 3.05) is 0 Å². The van der Waals surface area contributed by atoms with Crippen molar-refractivity contribution in [3.8, 4) is 5.75 Å². The lowest BCUT2D eigenvalue weighted by Crippen LogP contribution is -2.27. The summed E-state index contributed by atoms with van der Waals surface area (Å²) in [5.74, 6) is -0.359. The second kappa shape index (κ2) is 8.14. The number of hydrogen-bond donors (Lipinski definition) is 0. The lowest BCUT2D eigenvalue weighted by atomic mass is 10.2. The van der Waals surface area contributed by atoms with E-state index in [-0.39, 0.29) is 29.3 Å². The van der Waals surface area contributed by atoms with Crippen molar-refractivity contribution in [1.82, 2.24) is 4.73 Å². The van der Waals surface area contributed by atoms with E-state index in [2.05, 4.69) is 15.9 Å². The summed E-state index contributed by atoms with van der Waals surface area (Å²) >= 11 is 3.20. The Balaban J connectivity index is 1.67. The third-order valence-corrected chi connectivity index (χ3v) is 4.26. The first kappa shape index (κ1) is 18.1. The lowest BCUT2D eigenvalue weighted by molar-refractivity contribution is 0.0876. The standard InChI is InChI=1S/C19H14BrF2NO3/c20-18-17(25-11-13-4-6-15(21)7-5-13)8-9-23(19(18)24)26-12-14-2-1-3-16(22)10-14/h1-10H,11-12H2. The number of nitrogens with zero attached hydrogens (tertiary/aromatic N) is 1. The highest BCUT2D eigenvalue weighted by Crippen LogP contribution is 2.21. The Bertz CT molecular complexity index is 958. The van der Waals surface area contributed by atoms with Crippen molar-refractivity contribution >= 4 is 15.9 Å². The molecule has 1 heterocycles. The fourth-order valence-corrected chi connectivity index (χ4v) is 2.63. The Morgan fingerprint density at radius 3 is 2.42 bits per heavy atom. The molecule has 2 aromatic carbocycles. The molecular weight excluding hydrogens is 408 g/mol. The molecule has 134 valence electrons. The van der Waals surface area contributed by atoms with Crippen LogP contribution in [-0.2, 0) is 13.2 Å². The number of rotatable bonds is 6. The van der Waals surface area contributed by atoms with Crippen LogP contribution in [0, 0.1) is 11.6 Å². The van der Waals surface area contributed by atoms with Crippen LogP contribution in [0.15, 0.2) is 70.1 Å². The number of hydrogen-bond acceptors (Lipinski definition) is 3. The first-order valence-corrected chi connectivity index (χ1v) is 8.48. The van der Waals surface area contributed by atoms with E-state index in [1.807, 2.05) is 0 Å². The third kappa shape index (κ3) is 4.49. The molecule has 7 heteroatoms. The summed E-state index contributed by atoms with van der Waals surface area (Å²) in [6.07, 6.45) is 1.42. The first-order chi connectivity index (χ1) is 12.5. The maximum absolute atomic E-state index is 13.2. The van der Waals surface area contributed by atoms with E-state index in [1.165, 1.54) is 30.5 Å². The average Bonchev–Trinajstić information content (AvgIpc) is 2.63. The van der Waals surface area contributed by atoms with Crippen LogP contribution in [0.3, 0.4) is 0 Å². The molecule has 4 nitrogen and oxygen atoms in total. The molecule has 0 saturated heterocycles. The number of aromatic nitrogens is 1. The molecule has 0 atom stereocenters. The predicted octanol–water partition coefficient (Wildman–Crippen LogP) is 4.10. The summed E-state index contributed by atoms with van der Waals surface area (Å²) in [5.41, 5.74) is 0.924. The van der Waals surface area contributed by atoms with Gasteiger partial charge in [-0.25, -0.2) is 8.78 Å². The second-order valence-electron chi connectivity index (χ2n) is 5.44. The zero-order valence-electron chi connectivity index (χ0n) is 13.5. The summed E-state index contributed by atoms with van der Waals surface area (Å²) in [7, 11) is 0. The Morgan fingerprint density at radius 2 is 1.69 bits per heavy atom.